The number of anilines is 1. The van der Waals surface area contributed by atoms with Crippen LogP contribution in [0, 0.1) is 5.92 Å². The van der Waals surface area contributed by atoms with Crippen LogP contribution in [-0.2, 0) is 6.42 Å². The highest BCUT2D eigenvalue weighted by molar-refractivity contribution is 7.15. The first-order valence-corrected chi connectivity index (χ1v) is 7.03. The third kappa shape index (κ3) is 2.05. The fourth-order valence-corrected chi connectivity index (χ4v) is 3.00. The Morgan fingerprint density at radius 1 is 1.59 bits per heavy atom. The highest BCUT2D eigenvalue weighted by atomic mass is 32.1. The monoisotopic (exact) mass is 250 g/mol. The summed E-state index contributed by atoms with van der Waals surface area (Å²) in [5.74, 6) is 2.00. The van der Waals surface area contributed by atoms with Gasteiger partial charge in [-0.2, -0.15) is 0 Å². The van der Waals surface area contributed by atoms with Gasteiger partial charge in [0, 0.05) is 31.6 Å². The predicted octanol–water partition coefficient (Wildman–Crippen LogP) is 1.74. The molecule has 2 heterocycles. The molecule has 0 radical (unpaired) electrons. The Bertz CT molecular complexity index is 512. The van der Waals surface area contributed by atoms with E-state index in [9.17, 15) is 0 Å². The van der Waals surface area contributed by atoms with Crippen LogP contribution in [0.15, 0.2) is 11.6 Å². The molecule has 0 saturated heterocycles. The molecule has 4 nitrogen and oxygen atoms in total. The maximum Gasteiger partial charge on any atom is 0.195 e. The smallest absolute Gasteiger partial charge is 0.195 e. The van der Waals surface area contributed by atoms with Crippen LogP contribution in [0.2, 0.25) is 0 Å². The fourth-order valence-electron chi connectivity index (χ4n) is 2.27. The number of nitrogens with zero attached hydrogens (tertiary/aromatic N) is 3. The SMILES string of the molecule is CN(CC1CC1)c1nc2sccn2c1CCN. The number of fused-ring (bicyclic) bond motifs is 1. The van der Waals surface area contributed by atoms with Crippen molar-refractivity contribution in [2.45, 2.75) is 19.3 Å². The molecule has 1 aliphatic carbocycles. The van der Waals surface area contributed by atoms with E-state index in [0.29, 0.717) is 6.54 Å². The minimum Gasteiger partial charge on any atom is -0.358 e. The number of hydrogen-bond acceptors (Lipinski definition) is 4. The van der Waals surface area contributed by atoms with E-state index in [0.717, 1.165) is 29.7 Å². The van der Waals surface area contributed by atoms with Crippen LogP contribution in [0.1, 0.15) is 18.5 Å². The molecule has 17 heavy (non-hydrogen) atoms. The van der Waals surface area contributed by atoms with Gasteiger partial charge in [0.05, 0.1) is 5.69 Å². The van der Waals surface area contributed by atoms with Crippen molar-refractivity contribution >= 4 is 22.1 Å². The van der Waals surface area contributed by atoms with E-state index in [1.807, 2.05) is 0 Å². The van der Waals surface area contributed by atoms with Gasteiger partial charge in [-0.25, -0.2) is 4.98 Å². The van der Waals surface area contributed by atoms with Crippen LogP contribution in [0.5, 0.6) is 0 Å². The highest BCUT2D eigenvalue weighted by Gasteiger charge is 2.25. The quantitative estimate of drug-likeness (QED) is 0.879. The van der Waals surface area contributed by atoms with Gasteiger partial charge in [0.15, 0.2) is 10.8 Å². The standard InChI is InChI=1S/C12H18N4S/c1-15(8-9-2-3-9)11-10(4-5-13)16-6-7-17-12(16)14-11/h6-7,9H,2-5,8,13H2,1H3. The van der Waals surface area contributed by atoms with E-state index >= 15 is 0 Å². The van der Waals surface area contributed by atoms with E-state index < -0.39 is 0 Å². The molecule has 5 heteroatoms. The van der Waals surface area contributed by atoms with Crippen molar-refractivity contribution in [1.82, 2.24) is 9.38 Å². The van der Waals surface area contributed by atoms with Gasteiger partial charge in [-0.3, -0.25) is 4.40 Å². The summed E-state index contributed by atoms with van der Waals surface area (Å²) in [4.78, 5) is 8.09. The Morgan fingerprint density at radius 3 is 3.12 bits per heavy atom. The molecule has 1 aliphatic rings. The first-order chi connectivity index (χ1) is 8.29. The van der Waals surface area contributed by atoms with Crippen molar-refractivity contribution in [3.8, 4) is 0 Å². The Balaban J connectivity index is 1.94. The van der Waals surface area contributed by atoms with Gasteiger partial charge in [-0.05, 0) is 25.3 Å². The molecule has 0 aliphatic heterocycles. The third-order valence-corrected chi connectivity index (χ3v) is 4.07. The molecule has 2 N–H and O–H groups in total. The number of hydrogen-bond donors (Lipinski definition) is 1. The number of rotatable bonds is 5. The predicted molar refractivity (Wildman–Crippen MR) is 71.8 cm³/mol. The average molecular weight is 250 g/mol. The Hall–Kier alpha value is -1.07. The molecule has 92 valence electrons. The first-order valence-electron chi connectivity index (χ1n) is 6.15. The van der Waals surface area contributed by atoms with Crippen LogP contribution in [0.25, 0.3) is 4.96 Å². The molecular weight excluding hydrogens is 232 g/mol. The summed E-state index contributed by atoms with van der Waals surface area (Å²) in [5, 5.41) is 2.08. The second-order valence-corrected chi connectivity index (χ2v) is 5.67. The van der Waals surface area contributed by atoms with Crippen LogP contribution in [0.4, 0.5) is 5.82 Å². The third-order valence-electron chi connectivity index (χ3n) is 3.31. The van der Waals surface area contributed by atoms with Gasteiger partial charge in [-0.1, -0.05) is 0 Å². The molecule has 0 unspecified atom stereocenters. The molecule has 0 atom stereocenters. The Labute approximate surface area is 105 Å². The zero-order valence-corrected chi connectivity index (χ0v) is 10.9. The summed E-state index contributed by atoms with van der Waals surface area (Å²) in [6.45, 7) is 1.80. The van der Waals surface area contributed by atoms with E-state index in [2.05, 4.69) is 27.9 Å². The molecule has 3 rings (SSSR count). The summed E-state index contributed by atoms with van der Waals surface area (Å²) < 4.78 is 2.18. The van der Waals surface area contributed by atoms with Gasteiger partial charge >= 0.3 is 0 Å². The summed E-state index contributed by atoms with van der Waals surface area (Å²) in [5.41, 5.74) is 6.96. The van der Waals surface area contributed by atoms with E-state index in [1.165, 1.54) is 18.5 Å². The van der Waals surface area contributed by atoms with Gasteiger partial charge in [-0.15, -0.1) is 11.3 Å². The summed E-state index contributed by atoms with van der Waals surface area (Å²) in [6.07, 6.45) is 5.73. The van der Waals surface area contributed by atoms with Crippen molar-refractivity contribution in [3.05, 3.63) is 17.3 Å². The van der Waals surface area contributed by atoms with Crippen molar-refractivity contribution in [1.29, 1.82) is 0 Å². The maximum absolute atomic E-state index is 5.71. The second kappa shape index (κ2) is 4.31. The van der Waals surface area contributed by atoms with E-state index in [1.54, 1.807) is 11.3 Å². The molecule has 0 spiro atoms. The molecule has 0 amide bonds. The molecular formula is C12H18N4S. The van der Waals surface area contributed by atoms with Crippen LogP contribution in [0.3, 0.4) is 0 Å². The average Bonchev–Trinajstić information content (AvgIpc) is 2.89. The number of imidazole rings is 1. The first kappa shape index (κ1) is 11.0. The summed E-state index contributed by atoms with van der Waals surface area (Å²) in [7, 11) is 2.14. The zero-order chi connectivity index (χ0) is 11.8. The summed E-state index contributed by atoms with van der Waals surface area (Å²) >= 11 is 1.68. The highest BCUT2D eigenvalue weighted by Crippen LogP contribution is 2.32. The van der Waals surface area contributed by atoms with Crippen molar-refractivity contribution in [2.75, 3.05) is 25.0 Å². The lowest BCUT2D eigenvalue weighted by atomic mass is 10.3. The minimum atomic E-state index is 0.675. The fraction of sp³-hybridized carbons (Fsp3) is 0.583. The minimum absolute atomic E-state index is 0.675. The van der Waals surface area contributed by atoms with E-state index in [-0.39, 0.29) is 0 Å². The number of nitrogens with two attached hydrogens (primary N) is 1. The van der Waals surface area contributed by atoms with Gasteiger partial charge in [0.1, 0.15) is 0 Å². The largest absolute Gasteiger partial charge is 0.358 e. The lowest BCUT2D eigenvalue weighted by Gasteiger charge is -2.17. The van der Waals surface area contributed by atoms with Crippen molar-refractivity contribution in [2.24, 2.45) is 11.7 Å². The Kier molecular flexibility index (Phi) is 2.80. The molecule has 0 aromatic carbocycles. The lowest BCUT2D eigenvalue weighted by molar-refractivity contribution is 0.770. The molecule has 0 bridgehead atoms. The molecule has 2 aromatic rings. The van der Waals surface area contributed by atoms with Gasteiger partial charge in [0.25, 0.3) is 0 Å². The topological polar surface area (TPSA) is 46.6 Å². The van der Waals surface area contributed by atoms with Crippen LogP contribution in [-0.4, -0.2) is 29.5 Å². The number of aromatic nitrogens is 2. The van der Waals surface area contributed by atoms with E-state index in [4.69, 9.17) is 10.7 Å². The van der Waals surface area contributed by atoms with Crippen molar-refractivity contribution < 1.29 is 0 Å². The van der Waals surface area contributed by atoms with Gasteiger partial charge in [0.2, 0.25) is 0 Å². The molecule has 1 saturated carbocycles. The summed E-state index contributed by atoms with van der Waals surface area (Å²) in [6, 6.07) is 0. The Morgan fingerprint density at radius 2 is 2.41 bits per heavy atom. The normalized spacial score (nSPS) is 15.6. The van der Waals surface area contributed by atoms with Crippen LogP contribution >= 0.6 is 11.3 Å². The molecule has 1 fully saturated rings. The molecule has 2 aromatic heterocycles. The van der Waals surface area contributed by atoms with Crippen molar-refractivity contribution in [3.63, 3.8) is 0 Å². The maximum atomic E-state index is 5.71. The number of thiazole rings is 1. The zero-order valence-electron chi connectivity index (χ0n) is 10.1. The second-order valence-electron chi connectivity index (χ2n) is 4.80. The van der Waals surface area contributed by atoms with Crippen LogP contribution < -0.4 is 10.6 Å². The lowest BCUT2D eigenvalue weighted by Crippen LogP contribution is -2.22. The van der Waals surface area contributed by atoms with Gasteiger partial charge < -0.3 is 10.6 Å².